The van der Waals surface area contributed by atoms with Crippen LogP contribution in [-0.2, 0) is 37.4 Å². The number of hydrogen-bond acceptors (Lipinski definition) is 11. The molecule has 0 radical (unpaired) electrons. The van der Waals surface area contributed by atoms with Gasteiger partial charge in [-0.05, 0) is 68.8 Å². The predicted molar refractivity (Wildman–Crippen MR) is 210 cm³/mol. The number of ketones is 1. The quantitative estimate of drug-likeness (QED) is 0.129. The number of esters is 3. The Balaban J connectivity index is 2.26. The van der Waals surface area contributed by atoms with Crippen LogP contribution in [0.5, 0.6) is 0 Å². The van der Waals surface area contributed by atoms with E-state index in [1.54, 1.807) is 58.0 Å². The normalized spacial score (nSPS) is 33.9. The van der Waals surface area contributed by atoms with E-state index < -0.39 is 98.8 Å². The van der Waals surface area contributed by atoms with E-state index >= 15 is 4.79 Å². The second kappa shape index (κ2) is 15.7. The molecule has 11 nitrogen and oxygen atoms in total. The number of ether oxygens (including phenoxy) is 3. The molecule has 3 aliphatic carbocycles. The molecule has 1 unspecified atom stereocenters. The number of hydrogen-bond donors (Lipinski definition) is 2. The molecule has 1 aromatic rings. The summed E-state index contributed by atoms with van der Waals surface area (Å²) in [4.78, 5) is 56.6. The average molecular weight is 789 g/mol. The smallest absolute Gasteiger partial charge is 0.338 e. The van der Waals surface area contributed by atoms with Crippen molar-refractivity contribution in [3.8, 4) is 0 Å². The minimum absolute atomic E-state index is 0.00602. The lowest BCUT2D eigenvalue weighted by atomic mass is 9.45. The van der Waals surface area contributed by atoms with Gasteiger partial charge in [-0.15, -0.1) is 0 Å². The Bertz CT molecular complexity index is 1610. The van der Waals surface area contributed by atoms with Crippen LogP contribution in [0, 0.1) is 16.7 Å². The number of fused-ring (bicyclic) bond motifs is 3. The number of carbonyl (C=O) groups excluding carboxylic acids is 4. The second-order valence-electron chi connectivity index (χ2n) is 17.4. The molecule has 0 heterocycles. The molecule has 54 heavy (non-hydrogen) atoms. The third-order valence-electron chi connectivity index (χ3n) is 13.0. The summed E-state index contributed by atoms with van der Waals surface area (Å²) in [5.74, 6) is -4.09. The van der Waals surface area contributed by atoms with Crippen molar-refractivity contribution in [2.45, 2.75) is 168 Å². The number of aliphatic hydroxyl groups excluding tert-OH is 1. The molecule has 2 bridgehead atoms. The van der Waals surface area contributed by atoms with Crippen molar-refractivity contribution in [1.29, 1.82) is 0 Å². The molecule has 3 aliphatic rings. The van der Waals surface area contributed by atoms with Crippen LogP contribution in [-0.4, -0.2) is 92.3 Å². The molecule has 2 saturated carbocycles. The molecule has 2 N–H and O–H groups in total. The van der Waals surface area contributed by atoms with Gasteiger partial charge in [0, 0.05) is 43.1 Å². The van der Waals surface area contributed by atoms with Crippen LogP contribution in [0.4, 0.5) is 0 Å². The maximum absolute atomic E-state index is 15.6. The Hall–Kier alpha value is -2.69. The number of rotatable bonds is 12. The fraction of sp³-hybridized carbons (Fsp3) is 0.707. The first-order chi connectivity index (χ1) is 24.9. The van der Waals surface area contributed by atoms with Crippen LogP contribution in [0.1, 0.15) is 98.9 Å². The first kappa shape index (κ1) is 44.0. The second-order valence-corrected chi connectivity index (χ2v) is 26.6. The summed E-state index contributed by atoms with van der Waals surface area (Å²) < 4.78 is 33.1. The van der Waals surface area contributed by atoms with Crippen molar-refractivity contribution in [2.75, 3.05) is 0 Å². The summed E-state index contributed by atoms with van der Waals surface area (Å²) in [7, 11) is -4.93. The molecule has 0 saturated heterocycles. The van der Waals surface area contributed by atoms with Gasteiger partial charge in [-0.2, -0.15) is 0 Å². The van der Waals surface area contributed by atoms with E-state index in [1.165, 1.54) is 13.8 Å². The molecule has 0 aliphatic heterocycles. The third kappa shape index (κ3) is 7.45. The zero-order valence-electron chi connectivity index (χ0n) is 34.7. The van der Waals surface area contributed by atoms with Gasteiger partial charge in [0.05, 0.1) is 29.8 Å². The Labute approximate surface area is 323 Å². The fourth-order valence-electron chi connectivity index (χ4n) is 9.96. The number of benzene rings is 1. The fourth-order valence-corrected chi connectivity index (χ4v) is 14.0. The topological polar surface area (TPSA) is 155 Å². The minimum atomic E-state index is -2.57. The zero-order chi connectivity index (χ0) is 40.8. The van der Waals surface area contributed by atoms with Gasteiger partial charge in [0.25, 0.3) is 0 Å². The maximum Gasteiger partial charge on any atom is 0.338 e. The molecule has 2 fully saturated rings. The van der Waals surface area contributed by atoms with Crippen LogP contribution in [0.3, 0.4) is 0 Å². The van der Waals surface area contributed by atoms with Crippen LogP contribution in [0.2, 0.25) is 37.8 Å². The van der Waals surface area contributed by atoms with Crippen LogP contribution >= 0.6 is 0 Å². The highest BCUT2D eigenvalue weighted by molar-refractivity contribution is 6.73. The summed E-state index contributed by atoms with van der Waals surface area (Å²) >= 11 is 0. The van der Waals surface area contributed by atoms with Gasteiger partial charge in [0.2, 0.25) is 5.78 Å². The maximum atomic E-state index is 15.6. The Kier molecular flexibility index (Phi) is 12.8. The molecule has 1 aromatic carbocycles. The highest BCUT2D eigenvalue weighted by atomic mass is 28.4. The van der Waals surface area contributed by atoms with Gasteiger partial charge >= 0.3 is 17.9 Å². The summed E-state index contributed by atoms with van der Waals surface area (Å²) in [5, 5.41) is 26.2. The minimum Gasteiger partial charge on any atom is -0.456 e. The average Bonchev–Trinajstić information content (AvgIpc) is 3.09. The highest BCUT2D eigenvalue weighted by Crippen LogP contribution is 2.64. The Morgan fingerprint density at radius 1 is 0.889 bits per heavy atom. The van der Waals surface area contributed by atoms with E-state index in [4.69, 9.17) is 23.1 Å². The molecule has 0 aromatic heterocycles. The Morgan fingerprint density at radius 2 is 1.46 bits per heavy atom. The summed E-state index contributed by atoms with van der Waals surface area (Å²) in [6.07, 6.45) is -6.39. The lowest BCUT2D eigenvalue weighted by Crippen LogP contribution is -2.78. The number of Topliss-reactive ketones (excluding diaryl/α,β-unsaturated/α-hetero) is 1. The number of aliphatic hydroxyl groups is 2. The first-order valence-electron chi connectivity index (χ1n) is 19.6. The lowest BCUT2D eigenvalue weighted by Gasteiger charge is -2.66. The molecular weight excluding hydrogens is 725 g/mol. The summed E-state index contributed by atoms with van der Waals surface area (Å²) in [5.41, 5.74) is -5.95. The van der Waals surface area contributed by atoms with E-state index in [1.807, 2.05) is 26.6 Å². The molecule has 9 atom stereocenters. The van der Waals surface area contributed by atoms with Gasteiger partial charge in [0.15, 0.2) is 22.7 Å². The lowest BCUT2D eigenvalue weighted by molar-refractivity contribution is -0.297. The molecule has 0 spiro atoms. The van der Waals surface area contributed by atoms with E-state index in [-0.39, 0.29) is 30.4 Å². The third-order valence-corrected chi connectivity index (χ3v) is 18.7. The number of carbonyl (C=O) groups is 4. The molecular formula is C41H64O11Si2. The monoisotopic (exact) mass is 788 g/mol. The zero-order valence-corrected chi connectivity index (χ0v) is 36.7. The van der Waals surface area contributed by atoms with Gasteiger partial charge in [-0.1, -0.05) is 66.7 Å². The summed E-state index contributed by atoms with van der Waals surface area (Å²) in [6, 6.07) is 10.5. The van der Waals surface area contributed by atoms with Gasteiger partial charge in [-0.25, -0.2) is 4.79 Å². The standard InChI is InChI=1S/C41H64O11Si2/c1-14-40(50-27(7)43)30(44)23-31(52-54(15-2,16-3)17-4)39(10)34(40)36(49-37(46)28-21-19-18-20-22-28)41(47)24-29(51-53(11,12)13)25(5)32(38(41,8)9)33(45)35(39)48-26(6)42/h18-22,29-31,34-36,44,47H,14-17,23-24H2,1-13H3/t29-,30+,31-,34?,35+,36-,39+,40-,41+/m0/s1. The van der Waals surface area contributed by atoms with E-state index in [0.29, 0.717) is 5.57 Å². The molecule has 0 amide bonds. The van der Waals surface area contributed by atoms with Gasteiger partial charge in [-0.3, -0.25) is 14.4 Å². The van der Waals surface area contributed by atoms with Crippen molar-refractivity contribution in [1.82, 2.24) is 0 Å². The van der Waals surface area contributed by atoms with Crippen molar-refractivity contribution in [2.24, 2.45) is 16.7 Å². The van der Waals surface area contributed by atoms with E-state index in [0.717, 1.165) is 18.1 Å². The van der Waals surface area contributed by atoms with Crippen molar-refractivity contribution < 1.29 is 52.5 Å². The van der Waals surface area contributed by atoms with Crippen molar-refractivity contribution in [3.63, 3.8) is 0 Å². The summed E-state index contributed by atoms with van der Waals surface area (Å²) in [6.45, 7) is 23.4. The highest BCUT2D eigenvalue weighted by Gasteiger charge is 2.76. The van der Waals surface area contributed by atoms with Crippen molar-refractivity contribution >= 4 is 40.3 Å². The largest absolute Gasteiger partial charge is 0.456 e. The van der Waals surface area contributed by atoms with E-state index in [9.17, 15) is 24.6 Å². The Morgan fingerprint density at radius 3 is 1.94 bits per heavy atom. The van der Waals surface area contributed by atoms with E-state index in [2.05, 4.69) is 20.8 Å². The van der Waals surface area contributed by atoms with Crippen molar-refractivity contribution in [3.05, 3.63) is 47.0 Å². The first-order valence-corrected chi connectivity index (χ1v) is 25.5. The molecule has 13 heteroatoms. The SMILES string of the molecule is CC[C@@]1(OC(C)=O)C2[C@H](OC(=O)c3ccccc3)[C@]3(O)C[C@H](O[Si](C)(C)C)C(C)=C(C(=O)[C@@H](OC(C)=O)[C@]2(C)[C@@H](O[Si](CC)(CC)CC)C[C@H]1O)C3(C)C. The van der Waals surface area contributed by atoms with Crippen LogP contribution < -0.4 is 0 Å². The van der Waals surface area contributed by atoms with Crippen LogP contribution in [0.15, 0.2) is 41.5 Å². The molecule has 4 rings (SSSR count). The predicted octanol–water partition coefficient (Wildman–Crippen LogP) is 6.91. The van der Waals surface area contributed by atoms with Gasteiger partial charge < -0.3 is 33.3 Å². The molecule has 302 valence electrons. The van der Waals surface area contributed by atoms with Crippen LogP contribution in [0.25, 0.3) is 0 Å². The van der Waals surface area contributed by atoms with Gasteiger partial charge in [0.1, 0.15) is 17.3 Å².